The fourth-order valence-corrected chi connectivity index (χ4v) is 3.79. The van der Waals surface area contributed by atoms with Crippen molar-refractivity contribution in [2.24, 2.45) is 11.8 Å². The maximum atomic E-state index is 12.6. The first-order chi connectivity index (χ1) is 13.4. The van der Waals surface area contributed by atoms with Crippen LogP contribution in [-0.2, 0) is 17.7 Å². The molecule has 28 heavy (non-hydrogen) atoms. The summed E-state index contributed by atoms with van der Waals surface area (Å²) in [6, 6.07) is 21.0. The van der Waals surface area contributed by atoms with Crippen molar-refractivity contribution in [2.45, 2.75) is 39.3 Å². The molecule has 1 amide bonds. The van der Waals surface area contributed by atoms with Crippen LogP contribution >= 0.6 is 0 Å². The van der Waals surface area contributed by atoms with E-state index < -0.39 is 5.60 Å². The van der Waals surface area contributed by atoms with Crippen molar-refractivity contribution < 1.29 is 9.53 Å². The molecular formula is C24H32N2O2. The number of amides is 1. The SMILES string of the molecule is CC(C)(C)OC(=O)N1C[C@@H](Cc2ccccc2)[C@@H](CNCc2ccccc2)C1. The highest BCUT2D eigenvalue weighted by Gasteiger charge is 2.36. The highest BCUT2D eigenvalue weighted by molar-refractivity contribution is 5.68. The van der Waals surface area contributed by atoms with E-state index in [-0.39, 0.29) is 6.09 Å². The molecule has 1 fully saturated rings. The van der Waals surface area contributed by atoms with Crippen molar-refractivity contribution in [1.29, 1.82) is 0 Å². The van der Waals surface area contributed by atoms with Gasteiger partial charge in [-0.1, -0.05) is 60.7 Å². The summed E-state index contributed by atoms with van der Waals surface area (Å²) in [5, 5.41) is 3.59. The molecule has 0 spiro atoms. The van der Waals surface area contributed by atoms with E-state index in [0.717, 1.165) is 32.6 Å². The Morgan fingerprint density at radius 3 is 2.14 bits per heavy atom. The van der Waals surface area contributed by atoms with Crippen LogP contribution in [0.25, 0.3) is 0 Å². The molecule has 4 heteroatoms. The van der Waals surface area contributed by atoms with Gasteiger partial charge in [0.15, 0.2) is 0 Å². The Hall–Kier alpha value is -2.33. The third kappa shape index (κ3) is 6.10. The Labute approximate surface area is 168 Å². The van der Waals surface area contributed by atoms with Gasteiger partial charge in [-0.2, -0.15) is 0 Å². The molecule has 1 aliphatic rings. The molecule has 0 aromatic heterocycles. The van der Waals surface area contributed by atoms with Gasteiger partial charge in [-0.05, 0) is 50.2 Å². The maximum absolute atomic E-state index is 12.6. The molecule has 1 saturated heterocycles. The molecule has 2 aromatic carbocycles. The van der Waals surface area contributed by atoms with Gasteiger partial charge in [0.1, 0.15) is 5.60 Å². The molecule has 4 nitrogen and oxygen atoms in total. The summed E-state index contributed by atoms with van der Waals surface area (Å²) >= 11 is 0. The molecule has 0 aliphatic carbocycles. The van der Waals surface area contributed by atoms with E-state index in [9.17, 15) is 4.79 Å². The molecular weight excluding hydrogens is 348 g/mol. The smallest absolute Gasteiger partial charge is 0.410 e. The van der Waals surface area contributed by atoms with Gasteiger partial charge in [-0.25, -0.2) is 4.79 Å². The number of rotatable bonds is 6. The molecule has 2 aromatic rings. The Bertz CT molecular complexity index is 740. The first-order valence-corrected chi connectivity index (χ1v) is 10.2. The van der Waals surface area contributed by atoms with Crippen molar-refractivity contribution >= 4 is 6.09 Å². The van der Waals surface area contributed by atoms with E-state index >= 15 is 0 Å². The van der Waals surface area contributed by atoms with Gasteiger partial charge in [0.05, 0.1) is 0 Å². The quantitative estimate of drug-likeness (QED) is 0.802. The molecule has 1 aliphatic heterocycles. The number of ether oxygens (including phenoxy) is 1. The molecule has 3 rings (SSSR count). The number of benzene rings is 2. The van der Waals surface area contributed by atoms with Crippen molar-refractivity contribution in [3.8, 4) is 0 Å². The van der Waals surface area contributed by atoms with Gasteiger partial charge in [0.25, 0.3) is 0 Å². The summed E-state index contributed by atoms with van der Waals surface area (Å²) in [7, 11) is 0. The highest BCUT2D eigenvalue weighted by Crippen LogP contribution is 2.28. The Morgan fingerprint density at radius 1 is 0.964 bits per heavy atom. The largest absolute Gasteiger partial charge is 0.444 e. The number of carbonyl (C=O) groups excluding carboxylic acids is 1. The van der Waals surface area contributed by atoms with E-state index in [2.05, 4.69) is 53.8 Å². The molecule has 0 unspecified atom stereocenters. The molecule has 0 bridgehead atoms. The van der Waals surface area contributed by atoms with Crippen molar-refractivity contribution in [3.05, 3.63) is 71.8 Å². The molecule has 1 heterocycles. The van der Waals surface area contributed by atoms with Crippen LogP contribution in [0.3, 0.4) is 0 Å². The minimum absolute atomic E-state index is 0.198. The van der Waals surface area contributed by atoms with E-state index in [1.54, 1.807) is 0 Å². The van der Waals surface area contributed by atoms with E-state index in [1.165, 1.54) is 11.1 Å². The number of hydrogen-bond donors (Lipinski definition) is 1. The van der Waals surface area contributed by atoms with Crippen LogP contribution in [-0.4, -0.2) is 36.2 Å². The monoisotopic (exact) mass is 380 g/mol. The Kier molecular flexibility index (Phi) is 6.74. The van der Waals surface area contributed by atoms with Crippen LogP contribution in [0.2, 0.25) is 0 Å². The van der Waals surface area contributed by atoms with Crippen LogP contribution in [0, 0.1) is 11.8 Å². The molecule has 150 valence electrons. The second-order valence-electron chi connectivity index (χ2n) is 8.71. The van der Waals surface area contributed by atoms with Gasteiger partial charge in [-0.15, -0.1) is 0 Å². The number of nitrogens with one attached hydrogen (secondary N) is 1. The summed E-state index contributed by atoms with van der Waals surface area (Å²) in [5.41, 5.74) is 2.14. The number of likely N-dealkylation sites (tertiary alicyclic amines) is 1. The summed E-state index contributed by atoms with van der Waals surface area (Å²) in [6.45, 7) is 8.99. The van der Waals surface area contributed by atoms with Gasteiger partial charge < -0.3 is 15.0 Å². The molecule has 1 N–H and O–H groups in total. The average molecular weight is 381 g/mol. The van der Waals surface area contributed by atoms with Crippen molar-refractivity contribution in [1.82, 2.24) is 10.2 Å². The second kappa shape index (κ2) is 9.24. The van der Waals surface area contributed by atoms with Gasteiger partial charge >= 0.3 is 6.09 Å². The topological polar surface area (TPSA) is 41.6 Å². The first kappa shape index (κ1) is 20.4. The molecule has 2 atom stereocenters. The van der Waals surface area contributed by atoms with Gasteiger partial charge in [0, 0.05) is 26.2 Å². The normalized spacial score (nSPS) is 19.6. The average Bonchev–Trinajstić information content (AvgIpc) is 3.05. The standard InChI is InChI=1S/C24H32N2O2/c1-24(2,3)28-23(27)26-17-21(14-19-10-6-4-7-11-19)22(18-26)16-25-15-20-12-8-5-9-13-20/h4-13,21-22,25H,14-18H2,1-3H3/t21-,22+/m1/s1. The fourth-order valence-electron chi connectivity index (χ4n) is 3.79. The van der Waals surface area contributed by atoms with Crippen LogP contribution in [0.15, 0.2) is 60.7 Å². The zero-order valence-corrected chi connectivity index (χ0v) is 17.2. The number of nitrogens with zero attached hydrogens (tertiary/aromatic N) is 1. The third-order valence-corrected chi connectivity index (χ3v) is 5.15. The summed E-state index contributed by atoms with van der Waals surface area (Å²) < 4.78 is 5.61. The summed E-state index contributed by atoms with van der Waals surface area (Å²) in [5.74, 6) is 0.842. The van der Waals surface area contributed by atoms with Crippen molar-refractivity contribution in [3.63, 3.8) is 0 Å². The minimum atomic E-state index is -0.463. The van der Waals surface area contributed by atoms with Crippen LogP contribution < -0.4 is 5.32 Å². The molecule has 0 radical (unpaired) electrons. The molecule has 0 saturated carbocycles. The Balaban J connectivity index is 1.62. The third-order valence-electron chi connectivity index (χ3n) is 5.15. The minimum Gasteiger partial charge on any atom is -0.444 e. The van der Waals surface area contributed by atoms with Crippen LogP contribution in [0.5, 0.6) is 0 Å². The lowest BCUT2D eigenvalue weighted by molar-refractivity contribution is 0.0284. The van der Waals surface area contributed by atoms with E-state index in [0.29, 0.717) is 11.8 Å². The van der Waals surface area contributed by atoms with Crippen LogP contribution in [0.4, 0.5) is 4.79 Å². The highest BCUT2D eigenvalue weighted by atomic mass is 16.6. The number of carbonyl (C=O) groups is 1. The van der Waals surface area contributed by atoms with Crippen LogP contribution in [0.1, 0.15) is 31.9 Å². The van der Waals surface area contributed by atoms with E-state index in [4.69, 9.17) is 4.74 Å². The fraction of sp³-hybridized carbons (Fsp3) is 0.458. The predicted octanol–water partition coefficient (Wildman–Crippen LogP) is 4.50. The van der Waals surface area contributed by atoms with E-state index in [1.807, 2.05) is 37.8 Å². The maximum Gasteiger partial charge on any atom is 0.410 e. The zero-order valence-electron chi connectivity index (χ0n) is 17.2. The first-order valence-electron chi connectivity index (χ1n) is 10.2. The Morgan fingerprint density at radius 2 is 1.54 bits per heavy atom. The predicted molar refractivity (Wildman–Crippen MR) is 113 cm³/mol. The second-order valence-corrected chi connectivity index (χ2v) is 8.71. The summed E-state index contributed by atoms with van der Waals surface area (Å²) in [6.07, 6.45) is 0.786. The lowest BCUT2D eigenvalue weighted by Gasteiger charge is -2.24. The van der Waals surface area contributed by atoms with Crippen molar-refractivity contribution in [2.75, 3.05) is 19.6 Å². The lowest BCUT2D eigenvalue weighted by atomic mass is 9.89. The van der Waals surface area contributed by atoms with Gasteiger partial charge in [-0.3, -0.25) is 0 Å². The number of hydrogen-bond acceptors (Lipinski definition) is 3. The summed E-state index contributed by atoms with van der Waals surface area (Å²) in [4.78, 5) is 14.5. The van der Waals surface area contributed by atoms with Gasteiger partial charge in [0.2, 0.25) is 0 Å². The zero-order chi connectivity index (χ0) is 20.0. The lowest BCUT2D eigenvalue weighted by Crippen LogP contribution is -2.36.